The lowest BCUT2D eigenvalue weighted by molar-refractivity contribution is 0.687. The van der Waals surface area contributed by atoms with Gasteiger partial charge < -0.3 is 5.73 Å². The predicted molar refractivity (Wildman–Crippen MR) is 86.4 cm³/mol. The Bertz CT molecular complexity index is 623. The van der Waals surface area contributed by atoms with E-state index >= 15 is 0 Å². The number of benzene rings is 1. The van der Waals surface area contributed by atoms with E-state index in [1.54, 1.807) is 0 Å². The molecular formula is C18H23N3. The minimum atomic E-state index is 0.577. The zero-order valence-electron chi connectivity index (χ0n) is 12.9. The minimum Gasteiger partial charge on any atom is -0.384 e. The molecule has 1 aromatic heterocycles. The Balaban J connectivity index is 1.87. The van der Waals surface area contributed by atoms with E-state index in [9.17, 15) is 0 Å². The molecule has 1 saturated carbocycles. The van der Waals surface area contributed by atoms with Crippen LogP contribution >= 0.6 is 0 Å². The Morgan fingerprint density at radius 3 is 2.33 bits per heavy atom. The summed E-state index contributed by atoms with van der Waals surface area (Å²) in [5.41, 5.74) is 11.0. The van der Waals surface area contributed by atoms with Crippen molar-refractivity contribution in [3.8, 4) is 0 Å². The maximum absolute atomic E-state index is 5.99. The summed E-state index contributed by atoms with van der Waals surface area (Å²) in [6, 6.07) is 8.55. The molecule has 110 valence electrons. The standard InChI is InChI=1S/C18H23N3/c1-12-7-13(2)9-14(8-12)10-18-20-16(11-17(19)21-18)15-5-3-4-6-15/h7-9,11,15H,3-6,10H2,1-2H3,(H2,19,20,21). The molecule has 2 aromatic rings. The summed E-state index contributed by atoms with van der Waals surface area (Å²) in [6.07, 6.45) is 5.84. The van der Waals surface area contributed by atoms with Crippen LogP contribution in [0.15, 0.2) is 24.3 Å². The van der Waals surface area contributed by atoms with Crippen LogP contribution in [-0.2, 0) is 6.42 Å². The minimum absolute atomic E-state index is 0.577. The molecule has 1 aliphatic carbocycles. The molecular weight excluding hydrogens is 258 g/mol. The van der Waals surface area contributed by atoms with Gasteiger partial charge in [0.25, 0.3) is 0 Å². The predicted octanol–water partition coefficient (Wildman–Crippen LogP) is 3.92. The van der Waals surface area contributed by atoms with Gasteiger partial charge in [-0.05, 0) is 32.3 Å². The second kappa shape index (κ2) is 5.84. The third-order valence-electron chi connectivity index (χ3n) is 4.23. The van der Waals surface area contributed by atoms with Gasteiger partial charge in [0.1, 0.15) is 11.6 Å². The molecule has 1 aromatic carbocycles. The molecule has 0 bridgehead atoms. The lowest BCUT2D eigenvalue weighted by atomic mass is 10.0. The van der Waals surface area contributed by atoms with Crippen molar-refractivity contribution in [3.63, 3.8) is 0 Å². The van der Waals surface area contributed by atoms with Crippen molar-refractivity contribution >= 4 is 5.82 Å². The van der Waals surface area contributed by atoms with Gasteiger partial charge in [-0.2, -0.15) is 0 Å². The number of hydrogen-bond acceptors (Lipinski definition) is 3. The third kappa shape index (κ3) is 3.41. The van der Waals surface area contributed by atoms with Crippen LogP contribution < -0.4 is 5.73 Å². The number of anilines is 1. The second-order valence-electron chi connectivity index (χ2n) is 6.29. The molecule has 3 rings (SSSR count). The van der Waals surface area contributed by atoms with Gasteiger partial charge in [-0.3, -0.25) is 0 Å². The van der Waals surface area contributed by atoms with Crippen LogP contribution in [0.1, 0.15) is 59.8 Å². The Hall–Kier alpha value is -1.90. The van der Waals surface area contributed by atoms with Crippen molar-refractivity contribution in [2.24, 2.45) is 0 Å². The maximum Gasteiger partial charge on any atom is 0.135 e. The smallest absolute Gasteiger partial charge is 0.135 e. The third-order valence-corrected chi connectivity index (χ3v) is 4.23. The number of hydrogen-bond donors (Lipinski definition) is 1. The molecule has 3 heteroatoms. The first-order chi connectivity index (χ1) is 10.1. The molecule has 1 fully saturated rings. The summed E-state index contributed by atoms with van der Waals surface area (Å²) in [6.45, 7) is 4.25. The lowest BCUT2D eigenvalue weighted by Gasteiger charge is -2.11. The maximum atomic E-state index is 5.99. The number of nitrogens with zero attached hydrogens (tertiary/aromatic N) is 2. The first-order valence-corrected chi connectivity index (χ1v) is 7.80. The Morgan fingerprint density at radius 1 is 1.00 bits per heavy atom. The number of aryl methyl sites for hydroxylation is 2. The fourth-order valence-corrected chi connectivity index (χ4v) is 3.40. The number of nitrogens with two attached hydrogens (primary N) is 1. The van der Waals surface area contributed by atoms with E-state index in [0.717, 1.165) is 17.9 Å². The van der Waals surface area contributed by atoms with E-state index < -0.39 is 0 Å². The van der Waals surface area contributed by atoms with Gasteiger partial charge in [0.05, 0.1) is 0 Å². The van der Waals surface area contributed by atoms with Gasteiger partial charge in [-0.15, -0.1) is 0 Å². The summed E-state index contributed by atoms with van der Waals surface area (Å²) in [7, 11) is 0. The number of rotatable bonds is 3. The van der Waals surface area contributed by atoms with E-state index in [2.05, 4.69) is 37.0 Å². The molecule has 0 atom stereocenters. The molecule has 0 amide bonds. The second-order valence-corrected chi connectivity index (χ2v) is 6.29. The molecule has 0 radical (unpaired) electrons. The van der Waals surface area contributed by atoms with Crippen LogP contribution in [0.4, 0.5) is 5.82 Å². The zero-order chi connectivity index (χ0) is 14.8. The number of aromatic nitrogens is 2. The molecule has 0 spiro atoms. The number of nitrogen functional groups attached to an aromatic ring is 1. The highest BCUT2D eigenvalue weighted by Crippen LogP contribution is 2.33. The van der Waals surface area contributed by atoms with Crippen LogP contribution in [0.2, 0.25) is 0 Å². The van der Waals surface area contributed by atoms with Gasteiger partial charge in [0.2, 0.25) is 0 Å². The average molecular weight is 281 g/mol. The highest BCUT2D eigenvalue weighted by molar-refractivity contribution is 5.34. The van der Waals surface area contributed by atoms with E-state index in [4.69, 9.17) is 10.7 Å². The fourth-order valence-electron chi connectivity index (χ4n) is 3.40. The summed E-state index contributed by atoms with van der Waals surface area (Å²) in [5, 5.41) is 0. The van der Waals surface area contributed by atoms with E-state index in [0.29, 0.717) is 11.7 Å². The summed E-state index contributed by atoms with van der Waals surface area (Å²) >= 11 is 0. The molecule has 1 aliphatic rings. The molecule has 0 aliphatic heterocycles. The highest BCUT2D eigenvalue weighted by Gasteiger charge is 2.19. The monoisotopic (exact) mass is 281 g/mol. The van der Waals surface area contributed by atoms with Crippen molar-refractivity contribution in [1.29, 1.82) is 0 Å². The molecule has 0 saturated heterocycles. The van der Waals surface area contributed by atoms with Gasteiger partial charge in [0.15, 0.2) is 0 Å². The Labute approximate surface area is 126 Å². The molecule has 2 N–H and O–H groups in total. The largest absolute Gasteiger partial charge is 0.384 e. The Kier molecular flexibility index (Phi) is 3.91. The van der Waals surface area contributed by atoms with Crippen molar-refractivity contribution in [1.82, 2.24) is 9.97 Å². The van der Waals surface area contributed by atoms with Crippen molar-refractivity contribution in [3.05, 3.63) is 52.5 Å². The highest BCUT2D eigenvalue weighted by atomic mass is 14.9. The first kappa shape index (κ1) is 14.1. The molecule has 21 heavy (non-hydrogen) atoms. The zero-order valence-corrected chi connectivity index (χ0v) is 12.9. The summed E-state index contributed by atoms with van der Waals surface area (Å²) < 4.78 is 0. The normalized spacial score (nSPS) is 15.5. The average Bonchev–Trinajstić information content (AvgIpc) is 2.90. The first-order valence-electron chi connectivity index (χ1n) is 7.80. The molecule has 1 heterocycles. The van der Waals surface area contributed by atoms with Crippen molar-refractivity contribution in [2.45, 2.75) is 51.9 Å². The van der Waals surface area contributed by atoms with Crippen LogP contribution in [0, 0.1) is 13.8 Å². The summed E-state index contributed by atoms with van der Waals surface area (Å²) in [4.78, 5) is 9.21. The summed E-state index contributed by atoms with van der Waals surface area (Å²) in [5.74, 6) is 2.03. The van der Waals surface area contributed by atoms with E-state index in [1.807, 2.05) is 6.07 Å². The van der Waals surface area contributed by atoms with Crippen LogP contribution in [0.3, 0.4) is 0 Å². The van der Waals surface area contributed by atoms with Crippen LogP contribution in [0.25, 0.3) is 0 Å². The van der Waals surface area contributed by atoms with Gasteiger partial charge >= 0.3 is 0 Å². The van der Waals surface area contributed by atoms with Gasteiger partial charge in [-0.25, -0.2) is 9.97 Å². The SMILES string of the molecule is Cc1cc(C)cc(Cc2nc(N)cc(C3CCCC3)n2)c1. The molecule has 0 unspecified atom stereocenters. The lowest BCUT2D eigenvalue weighted by Crippen LogP contribution is -2.06. The van der Waals surface area contributed by atoms with Crippen LogP contribution in [0.5, 0.6) is 0 Å². The van der Waals surface area contributed by atoms with E-state index in [1.165, 1.54) is 42.4 Å². The van der Waals surface area contributed by atoms with Gasteiger partial charge in [0, 0.05) is 24.1 Å². The van der Waals surface area contributed by atoms with Crippen LogP contribution in [-0.4, -0.2) is 9.97 Å². The van der Waals surface area contributed by atoms with E-state index in [-0.39, 0.29) is 0 Å². The quantitative estimate of drug-likeness (QED) is 0.927. The van der Waals surface area contributed by atoms with Crippen molar-refractivity contribution in [2.75, 3.05) is 5.73 Å². The topological polar surface area (TPSA) is 51.8 Å². The fraction of sp³-hybridized carbons (Fsp3) is 0.444. The van der Waals surface area contributed by atoms with Crippen molar-refractivity contribution < 1.29 is 0 Å². The molecule has 3 nitrogen and oxygen atoms in total. The van der Waals surface area contributed by atoms with Gasteiger partial charge in [-0.1, -0.05) is 42.2 Å². The Morgan fingerprint density at radius 2 is 1.67 bits per heavy atom.